The van der Waals surface area contributed by atoms with Gasteiger partial charge in [-0.15, -0.1) is 0 Å². The van der Waals surface area contributed by atoms with Crippen molar-refractivity contribution in [2.75, 3.05) is 0 Å². The molecule has 0 aromatic carbocycles. The lowest BCUT2D eigenvalue weighted by molar-refractivity contribution is -0.143. The molecule has 0 aliphatic heterocycles. The molecule has 0 aromatic rings. The Morgan fingerprint density at radius 1 is 0.800 bits per heavy atom. The highest BCUT2D eigenvalue weighted by molar-refractivity contribution is 5.94. The van der Waals surface area contributed by atoms with Gasteiger partial charge >= 0.3 is 11.9 Å². The zero-order valence-electron chi connectivity index (χ0n) is 18.1. The molecule has 3 amide bonds. The summed E-state index contributed by atoms with van der Waals surface area (Å²) in [6.07, 6.45) is -0.417. The molecule has 7 N–H and O–H groups in total. The van der Waals surface area contributed by atoms with Gasteiger partial charge in [-0.1, -0.05) is 27.7 Å². The number of amides is 3. The third-order valence-corrected chi connectivity index (χ3v) is 4.37. The standard InChI is InChI=1S/C19H34N4O7/c1-9(2)8-13(23-18(28)15(20)10(3)4)17(27)21-11(5)16(26)22-12(19(29)30)6-7-14(24)25/h9-13,15H,6-8,20H2,1-5H3,(H,21,27)(H,22,26)(H,23,28)(H,24,25)(H,29,30). The maximum absolute atomic E-state index is 12.6. The van der Waals surface area contributed by atoms with Crippen LogP contribution in [0.1, 0.15) is 53.9 Å². The lowest BCUT2D eigenvalue weighted by Gasteiger charge is -2.25. The van der Waals surface area contributed by atoms with Gasteiger partial charge in [-0.05, 0) is 31.6 Å². The van der Waals surface area contributed by atoms with Gasteiger partial charge in [0.05, 0.1) is 6.04 Å². The maximum atomic E-state index is 12.6. The molecule has 0 aliphatic rings. The zero-order chi connectivity index (χ0) is 23.6. The topological polar surface area (TPSA) is 188 Å². The van der Waals surface area contributed by atoms with Gasteiger partial charge in [0.15, 0.2) is 0 Å². The monoisotopic (exact) mass is 430 g/mol. The summed E-state index contributed by atoms with van der Waals surface area (Å²) in [6, 6.07) is -4.21. The highest BCUT2D eigenvalue weighted by Crippen LogP contribution is 2.07. The van der Waals surface area contributed by atoms with E-state index >= 15 is 0 Å². The Hall–Kier alpha value is -2.69. The number of nitrogens with one attached hydrogen (secondary N) is 3. The van der Waals surface area contributed by atoms with Crippen LogP contribution in [0.25, 0.3) is 0 Å². The number of aliphatic carboxylic acids is 2. The van der Waals surface area contributed by atoms with Crippen LogP contribution in [0.5, 0.6) is 0 Å². The Balaban J connectivity index is 5.06. The summed E-state index contributed by atoms with van der Waals surface area (Å²) in [7, 11) is 0. The third-order valence-electron chi connectivity index (χ3n) is 4.37. The van der Waals surface area contributed by atoms with Crippen LogP contribution in [-0.4, -0.2) is 64.0 Å². The molecule has 0 bridgehead atoms. The molecule has 0 radical (unpaired) electrons. The van der Waals surface area contributed by atoms with Crippen molar-refractivity contribution < 1.29 is 34.2 Å². The number of hydrogen-bond acceptors (Lipinski definition) is 6. The first-order valence-corrected chi connectivity index (χ1v) is 9.87. The molecule has 11 nitrogen and oxygen atoms in total. The van der Waals surface area contributed by atoms with E-state index < -0.39 is 60.2 Å². The summed E-state index contributed by atoms with van der Waals surface area (Å²) in [5.41, 5.74) is 5.82. The molecule has 4 atom stereocenters. The molecule has 0 heterocycles. The van der Waals surface area contributed by atoms with Crippen molar-refractivity contribution in [3.63, 3.8) is 0 Å². The molecule has 0 rings (SSSR count). The molecular formula is C19H34N4O7. The fourth-order valence-electron chi connectivity index (χ4n) is 2.48. The zero-order valence-corrected chi connectivity index (χ0v) is 18.1. The second kappa shape index (κ2) is 12.8. The first-order valence-electron chi connectivity index (χ1n) is 9.87. The maximum Gasteiger partial charge on any atom is 0.326 e. The van der Waals surface area contributed by atoms with E-state index in [1.54, 1.807) is 13.8 Å². The summed E-state index contributed by atoms with van der Waals surface area (Å²) in [4.78, 5) is 58.9. The van der Waals surface area contributed by atoms with Crippen LogP contribution in [0.3, 0.4) is 0 Å². The van der Waals surface area contributed by atoms with E-state index in [9.17, 15) is 24.0 Å². The predicted octanol–water partition coefficient (Wildman–Crippen LogP) is -0.560. The van der Waals surface area contributed by atoms with Crippen LogP contribution in [0.4, 0.5) is 0 Å². The van der Waals surface area contributed by atoms with Gasteiger partial charge in [0.25, 0.3) is 0 Å². The van der Waals surface area contributed by atoms with E-state index in [-0.39, 0.29) is 18.3 Å². The van der Waals surface area contributed by atoms with Crippen molar-refractivity contribution in [3.8, 4) is 0 Å². The molecule has 172 valence electrons. The molecule has 30 heavy (non-hydrogen) atoms. The highest BCUT2D eigenvalue weighted by atomic mass is 16.4. The molecule has 0 aromatic heterocycles. The van der Waals surface area contributed by atoms with Crippen LogP contribution in [0, 0.1) is 11.8 Å². The van der Waals surface area contributed by atoms with Crippen LogP contribution in [0.2, 0.25) is 0 Å². The van der Waals surface area contributed by atoms with Gasteiger partial charge in [0.2, 0.25) is 17.7 Å². The van der Waals surface area contributed by atoms with E-state index in [2.05, 4.69) is 16.0 Å². The van der Waals surface area contributed by atoms with Crippen molar-refractivity contribution in [2.45, 2.75) is 78.0 Å². The fraction of sp³-hybridized carbons (Fsp3) is 0.737. The average Bonchev–Trinajstić information content (AvgIpc) is 2.62. The van der Waals surface area contributed by atoms with Gasteiger partial charge in [-0.25, -0.2) is 4.79 Å². The smallest absolute Gasteiger partial charge is 0.326 e. The minimum atomic E-state index is -1.40. The molecule has 0 saturated carbocycles. The quantitative estimate of drug-likeness (QED) is 0.224. The van der Waals surface area contributed by atoms with E-state index in [1.165, 1.54) is 6.92 Å². The van der Waals surface area contributed by atoms with Gasteiger partial charge in [0.1, 0.15) is 18.1 Å². The molecule has 0 fully saturated rings. The van der Waals surface area contributed by atoms with Crippen molar-refractivity contribution in [3.05, 3.63) is 0 Å². The number of carbonyl (C=O) groups excluding carboxylic acids is 3. The average molecular weight is 431 g/mol. The van der Waals surface area contributed by atoms with Crippen LogP contribution >= 0.6 is 0 Å². The van der Waals surface area contributed by atoms with Gasteiger partial charge in [-0.3, -0.25) is 19.2 Å². The third kappa shape index (κ3) is 10.2. The Morgan fingerprint density at radius 3 is 1.77 bits per heavy atom. The van der Waals surface area contributed by atoms with Gasteiger partial charge in [-0.2, -0.15) is 0 Å². The van der Waals surface area contributed by atoms with Crippen molar-refractivity contribution in [1.29, 1.82) is 0 Å². The Bertz CT molecular complexity index is 636. The van der Waals surface area contributed by atoms with E-state index in [4.69, 9.17) is 15.9 Å². The summed E-state index contributed by atoms with van der Waals surface area (Å²) >= 11 is 0. The van der Waals surface area contributed by atoms with Crippen molar-refractivity contribution in [1.82, 2.24) is 16.0 Å². The molecule has 4 unspecified atom stereocenters. The summed E-state index contributed by atoms with van der Waals surface area (Å²) in [6.45, 7) is 8.64. The summed E-state index contributed by atoms with van der Waals surface area (Å²) in [5.74, 6) is -4.51. The number of carbonyl (C=O) groups is 5. The molecule has 0 aliphatic carbocycles. The Labute approximate surface area is 176 Å². The summed E-state index contributed by atoms with van der Waals surface area (Å²) < 4.78 is 0. The molecule has 0 saturated heterocycles. The largest absolute Gasteiger partial charge is 0.481 e. The Kier molecular flexibility index (Phi) is 11.6. The minimum absolute atomic E-state index is 0.0628. The SMILES string of the molecule is CC(C)CC(NC(=O)C(N)C(C)C)C(=O)NC(C)C(=O)NC(CCC(=O)O)C(=O)O. The summed E-state index contributed by atoms with van der Waals surface area (Å²) in [5, 5.41) is 25.1. The molecular weight excluding hydrogens is 396 g/mol. The van der Waals surface area contributed by atoms with Crippen LogP contribution in [-0.2, 0) is 24.0 Å². The number of nitrogens with two attached hydrogens (primary N) is 1. The van der Waals surface area contributed by atoms with Crippen LogP contribution < -0.4 is 21.7 Å². The first-order chi connectivity index (χ1) is 13.8. The number of carboxylic acids is 2. The van der Waals surface area contributed by atoms with E-state index in [1.807, 2.05) is 13.8 Å². The second-order valence-electron chi connectivity index (χ2n) is 8.02. The molecule has 11 heteroatoms. The Morgan fingerprint density at radius 2 is 1.33 bits per heavy atom. The normalized spacial score (nSPS) is 15.1. The number of carboxylic acid groups (broad SMARTS) is 2. The van der Waals surface area contributed by atoms with Crippen LogP contribution in [0.15, 0.2) is 0 Å². The lowest BCUT2D eigenvalue weighted by Crippen LogP contribution is -2.57. The lowest BCUT2D eigenvalue weighted by atomic mass is 10.0. The van der Waals surface area contributed by atoms with Crippen molar-refractivity contribution >= 4 is 29.7 Å². The molecule has 0 spiro atoms. The van der Waals surface area contributed by atoms with Gasteiger partial charge in [0, 0.05) is 6.42 Å². The van der Waals surface area contributed by atoms with E-state index in [0.29, 0.717) is 6.42 Å². The highest BCUT2D eigenvalue weighted by Gasteiger charge is 2.29. The first kappa shape index (κ1) is 27.3. The van der Waals surface area contributed by atoms with E-state index in [0.717, 1.165) is 0 Å². The number of hydrogen-bond donors (Lipinski definition) is 6. The second-order valence-corrected chi connectivity index (χ2v) is 8.02. The van der Waals surface area contributed by atoms with Crippen molar-refractivity contribution in [2.24, 2.45) is 17.6 Å². The van der Waals surface area contributed by atoms with Gasteiger partial charge < -0.3 is 31.9 Å². The number of rotatable bonds is 13. The predicted molar refractivity (Wildman–Crippen MR) is 108 cm³/mol. The fourth-order valence-corrected chi connectivity index (χ4v) is 2.48. The minimum Gasteiger partial charge on any atom is -0.481 e.